The smallest absolute Gasteiger partial charge is 0.286 e. The van der Waals surface area contributed by atoms with Crippen LogP contribution in [-0.4, -0.2) is 17.4 Å². The molecule has 25 heavy (non-hydrogen) atoms. The standard InChI is InChI=1S/C19H22N2O3S/c1-12(2)9-10-20-18(22)16-8-7-14(23-16)11-25-19-21-17-13(3)5-4-6-15(17)24-19/h4-8,12H,9-11H2,1-3H3,(H,20,22). The van der Waals surface area contributed by atoms with Gasteiger partial charge in [-0.15, -0.1) is 0 Å². The summed E-state index contributed by atoms with van der Waals surface area (Å²) >= 11 is 1.45. The van der Waals surface area contributed by atoms with E-state index in [4.69, 9.17) is 8.83 Å². The van der Waals surface area contributed by atoms with Crippen molar-refractivity contribution in [1.82, 2.24) is 10.3 Å². The second kappa shape index (κ2) is 7.78. The average molecular weight is 358 g/mol. The molecule has 1 aromatic carbocycles. The monoisotopic (exact) mass is 358 g/mol. The van der Waals surface area contributed by atoms with Crippen LogP contribution in [0.5, 0.6) is 0 Å². The van der Waals surface area contributed by atoms with Crippen LogP contribution in [-0.2, 0) is 5.75 Å². The third-order valence-corrected chi connectivity index (χ3v) is 4.68. The average Bonchev–Trinajstić information content (AvgIpc) is 3.20. The Hall–Kier alpha value is -2.21. The quantitative estimate of drug-likeness (QED) is 0.615. The maximum absolute atomic E-state index is 12.0. The van der Waals surface area contributed by atoms with Crippen LogP contribution >= 0.6 is 11.8 Å². The van der Waals surface area contributed by atoms with Crippen LogP contribution in [0.4, 0.5) is 0 Å². The summed E-state index contributed by atoms with van der Waals surface area (Å²) in [5.74, 6) is 2.01. The molecular formula is C19H22N2O3S. The van der Waals surface area contributed by atoms with E-state index in [1.807, 2.05) is 31.2 Å². The molecule has 3 aromatic rings. The number of amides is 1. The molecule has 132 valence electrons. The summed E-state index contributed by atoms with van der Waals surface area (Å²) in [6, 6.07) is 9.39. The first kappa shape index (κ1) is 17.6. The third-order valence-electron chi connectivity index (χ3n) is 3.83. The zero-order valence-corrected chi connectivity index (χ0v) is 15.5. The summed E-state index contributed by atoms with van der Waals surface area (Å²) in [6.07, 6.45) is 0.951. The number of oxazole rings is 1. The van der Waals surface area contributed by atoms with E-state index >= 15 is 0 Å². The van der Waals surface area contributed by atoms with Crippen molar-refractivity contribution < 1.29 is 13.6 Å². The maximum atomic E-state index is 12.0. The third kappa shape index (κ3) is 4.45. The normalized spacial score (nSPS) is 11.4. The molecule has 6 heteroatoms. The number of aromatic nitrogens is 1. The Balaban J connectivity index is 1.57. The number of fused-ring (bicyclic) bond motifs is 1. The van der Waals surface area contributed by atoms with Crippen molar-refractivity contribution in [3.8, 4) is 0 Å². The minimum atomic E-state index is -0.172. The van der Waals surface area contributed by atoms with Crippen LogP contribution in [0.3, 0.4) is 0 Å². The predicted octanol–water partition coefficient (Wildman–Crippen LogP) is 4.80. The number of carbonyl (C=O) groups is 1. The number of nitrogens with one attached hydrogen (secondary N) is 1. The maximum Gasteiger partial charge on any atom is 0.286 e. The lowest BCUT2D eigenvalue weighted by Crippen LogP contribution is -2.24. The first-order valence-corrected chi connectivity index (χ1v) is 9.37. The highest BCUT2D eigenvalue weighted by molar-refractivity contribution is 7.98. The zero-order chi connectivity index (χ0) is 17.8. The molecule has 0 saturated carbocycles. The fraction of sp³-hybridized carbons (Fsp3) is 0.368. The summed E-state index contributed by atoms with van der Waals surface area (Å²) in [5.41, 5.74) is 2.76. The van der Waals surface area contributed by atoms with E-state index in [2.05, 4.69) is 24.1 Å². The number of rotatable bonds is 7. The number of hydrogen-bond donors (Lipinski definition) is 1. The van der Waals surface area contributed by atoms with Gasteiger partial charge in [0, 0.05) is 6.54 Å². The molecule has 0 unspecified atom stereocenters. The zero-order valence-electron chi connectivity index (χ0n) is 14.7. The van der Waals surface area contributed by atoms with E-state index in [9.17, 15) is 4.79 Å². The van der Waals surface area contributed by atoms with Crippen molar-refractivity contribution in [3.05, 3.63) is 47.4 Å². The van der Waals surface area contributed by atoms with Gasteiger partial charge >= 0.3 is 0 Å². The number of hydrogen-bond acceptors (Lipinski definition) is 5. The van der Waals surface area contributed by atoms with Gasteiger partial charge in [-0.1, -0.05) is 37.7 Å². The van der Waals surface area contributed by atoms with Gasteiger partial charge < -0.3 is 14.2 Å². The molecule has 2 heterocycles. The second-order valence-corrected chi connectivity index (χ2v) is 7.32. The molecule has 0 saturated heterocycles. The van der Waals surface area contributed by atoms with E-state index in [0.29, 0.717) is 29.2 Å². The van der Waals surface area contributed by atoms with Crippen molar-refractivity contribution in [2.24, 2.45) is 5.92 Å². The molecule has 2 aromatic heterocycles. The van der Waals surface area contributed by atoms with Crippen LogP contribution in [0.1, 0.15) is 42.1 Å². The van der Waals surface area contributed by atoms with Crippen molar-refractivity contribution in [2.45, 2.75) is 38.2 Å². The second-order valence-electron chi connectivity index (χ2n) is 6.39. The fourth-order valence-electron chi connectivity index (χ4n) is 2.40. The summed E-state index contributed by atoms with van der Waals surface area (Å²) in [4.78, 5) is 16.5. The largest absolute Gasteiger partial charge is 0.455 e. The minimum absolute atomic E-state index is 0.172. The van der Waals surface area contributed by atoms with E-state index in [1.54, 1.807) is 6.07 Å². The highest BCUT2D eigenvalue weighted by Gasteiger charge is 2.13. The van der Waals surface area contributed by atoms with Gasteiger partial charge in [0.2, 0.25) is 0 Å². The first-order valence-electron chi connectivity index (χ1n) is 8.39. The van der Waals surface area contributed by atoms with Crippen LogP contribution in [0.2, 0.25) is 0 Å². The lowest BCUT2D eigenvalue weighted by molar-refractivity contribution is 0.0923. The Bertz CT molecular complexity index is 867. The Labute approximate surface area is 151 Å². The SMILES string of the molecule is Cc1cccc2oc(SCc3ccc(C(=O)NCCC(C)C)o3)nc12. The van der Waals surface area contributed by atoms with Gasteiger partial charge in [0.25, 0.3) is 11.1 Å². The minimum Gasteiger partial charge on any atom is -0.455 e. The van der Waals surface area contributed by atoms with E-state index in [1.165, 1.54) is 11.8 Å². The molecule has 1 N–H and O–H groups in total. The highest BCUT2D eigenvalue weighted by Crippen LogP contribution is 2.28. The number of benzene rings is 1. The molecule has 0 atom stereocenters. The summed E-state index contributed by atoms with van der Waals surface area (Å²) in [5, 5.41) is 3.47. The molecule has 0 fully saturated rings. The Kier molecular flexibility index (Phi) is 5.48. The van der Waals surface area contributed by atoms with Gasteiger partial charge in [0.15, 0.2) is 11.3 Å². The lowest BCUT2D eigenvalue weighted by Gasteiger charge is -2.05. The van der Waals surface area contributed by atoms with Crippen molar-refractivity contribution in [2.75, 3.05) is 6.54 Å². The van der Waals surface area contributed by atoms with E-state index < -0.39 is 0 Å². The number of para-hydroxylation sites is 1. The Morgan fingerprint density at radius 3 is 2.84 bits per heavy atom. The van der Waals surface area contributed by atoms with Gasteiger partial charge in [-0.2, -0.15) is 0 Å². The predicted molar refractivity (Wildman–Crippen MR) is 98.8 cm³/mol. The van der Waals surface area contributed by atoms with Crippen LogP contribution in [0.25, 0.3) is 11.1 Å². The molecular weight excluding hydrogens is 336 g/mol. The molecule has 3 rings (SSSR count). The first-order chi connectivity index (χ1) is 12.0. The Morgan fingerprint density at radius 2 is 2.08 bits per heavy atom. The van der Waals surface area contributed by atoms with Gasteiger partial charge in [-0.05, 0) is 43.0 Å². The topological polar surface area (TPSA) is 68.3 Å². The number of carbonyl (C=O) groups excluding carboxylic acids is 1. The lowest BCUT2D eigenvalue weighted by atomic mass is 10.1. The van der Waals surface area contributed by atoms with E-state index in [0.717, 1.165) is 28.8 Å². The number of nitrogens with zero attached hydrogens (tertiary/aromatic N) is 1. The molecule has 1 amide bonds. The number of aryl methyl sites for hydroxylation is 1. The fourth-order valence-corrected chi connectivity index (χ4v) is 3.12. The van der Waals surface area contributed by atoms with Gasteiger partial charge in [0.1, 0.15) is 11.3 Å². The summed E-state index contributed by atoms with van der Waals surface area (Å²) in [7, 11) is 0. The number of furan rings is 1. The van der Waals surface area contributed by atoms with Crippen molar-refractivity contribution >= 4 is 28.8 Å². The molecule has 0 spiro atoms. The summed E-state index contributed by atoms with van der Waals surface area (Å²) in [6.45, 7) is 6.92. The van der Waals surface area contributed by atoms with Gasteiger partial charge in [0.05, 0.1) is 5.75 Å². The van der Waals surface area contributed by atoms with Crippen molar-refractivity contribution in [3.63, 3.8) is 0 Å². The molecule has 0 aliphatic carbocycles. The summed E-state index contributed by atoms with van der Waals surface area (Å²) < 4.78 is 11.4. The Morgan fingerprint density at radius 1 is 1.24 bits per heavy atom. The molecule has 5 nitrogen and oxygen atoms in total. The van der Waals surface area contributed by atoms with Crippen LogP contribution in [0.15, 0.2) is 44.4 Å². The molecule has 0 bridgehead atoms. The van der Waals surface area contributed by atoms with Gasteiger partial charge in [-0.3, -0.25) is 4.79 Å². The van der Waals surface area contributed by atoms with Gasteiger partial charge in [-0.25, -0.2) is 4.98 Å². The van der Waals surface area contributed by atoms with Crippen molar-refractivity contribution in [1.29, 1.82) is 0 Å². The molecule has 0 aliphatic heterocycles. The van der Waals surface area contributed by atoms with Crippen LogP contribution < -0.4 is 5.32 Å². The number of thioether (sulfide) groups is 1. The molecule has 0 radical (unpaired) electrons. The van der Waals surface area contributed by atoms with E-state index in [-0.39, 0.29) is 5.91 Å². The molecule has 0 aliphatic rings. The van der Waals surface area contributed by atoms with Crippen LogP contribution in [0, 0.1) is 12.8 Å². The highest BCUT2D eigenvalue weighted by atomic mass is 32.2.